The molecule has 3 aliphatic rings. The number of H-pyrrole nitrogens is 1. The lowest BCUT2D eigenvalue weighted by Gasteiger charge is -2.44. The first kappa shape index (κ1) is 28.2. The zero-order valence-corrected chi connectivity index (χ0v) is 24.4. The Morgan fingerprint density at radius 3 is 2.38 bits per heavy atom. The van der Waals surface area contributed by atoms with Crippen LogP contribution in [0.2, 0.25) is 18.1 Å². The zero-order valence-electron chi connectivity index (χ0n) is 22.6. The third kappa shape index (κ3) is 5.12. The number of nitrogens with zero attached hydrogens (tertiary/aromatic N) is 3. The predicted octanol–water partition coefficient (Wildman–Crippen LogP) is 0.279. The average Bonchev–Trinajstić information content (AvgIpc) is 3.18. The fourth-order valence-electron chi connectivity index (χ4n) is 4.77. The van der Waals surface area contributed by atoms with Gasteiger partial charge in [-0.15, -0.1) is 0 Å². The Balaban J connectivity index is 1.87. The lowest BCUT2D eigenvalue weighted by molar-refractivity contribution is -0.0535. The fourth-order valence-corrected chi connectivity index (χ4v) is 7.28. The van der Waals surface area contributed by atoms with Crippen LogP contribution < -0.4 is 17.0 Å². The summed E-state index contributed by atoms with van der Waals surface area (Å²) in [4.78, 5) is 31.8. The van der Waals surface area contributed by atoms with Gasteiger partial charge in [-0.05, 0) is 32.1 Å². The van der Waals surface area contributed by atoms with Crippen LogP contribution in [0.15, 0.2) is 26.9 Å². The van der Waals surface area contributed by atoms with Gasteiger partial charge in [0.25, 0.3) is 15.7 Å². The zero-order chi connectivity index (χ0) is 27.6. The minimum Gasteiger partial charge on any atom is -0.406 e. The monoisotopic (exact) mass is 557 g/mol. The molecule has 14 heteroatoms. The Labute approximate surface area is 218 Å². The van der Waals surface area contributed by atoms with E-state index in [0.29, 0.717) is 12.1 Å². The molecule has 0 bridgehead atoms. The number of hydrogen-bond acceptors (Lipinski definition) is 10. The van der Waals surface area contributed by atoms with Crippen molar-refractivity contribution in [2.24, 2.45) is 5.73 Å². The van der Waals surface area contributed by atoms with Crippen molar-refractivity contribution in [3.8, 4) is 0 Å². The smallest absolute Gasteiger partial charge is 0.330 e. The first-order chi connectivity index (χ1) is 17.0. The molecule has 1 spiro atoms. The van der Waals surface area contributed by atoms with Gasteiger partial charge in [-0.1, -0.05) is 20.8 Å². The number of likely N-dealkylation sites (N-methyl/N-ethyl adjacent to an activating group) is 1. The Kier molecular flexibility index (Phi) is 7.19. The summed E-state index contributed by atoms with van der Waals surface area (Å²) in [5, 5.41) is 0.661. The molecule has 1 aromatic heterocycles. The van der Waals surface area contributed by atoms with Crippen LogP contribution >= 0.6 is 0 Å². The molecule has 0 amide bonds. The van der Waals surface area contributed by atoms with E-state index >= 15 is 0 Å². The summed E-state index contributed by atoms with van der Waals surface area (Å²) in [5.41, 5.74) is 3.86. The topological polar surface area (TPSA) is 149 Å². The highest BCUT2D eigenvalue weighted by molar-refractivity contribution is 7.90. The van der Waals surface area contributed by atoms with Gasteiger partial charge in [0, 0.05) is 44.5 Å². The molecule has 0 radical (unpaired) electrons. The quantitative estimate of drug-likeness (QED) is 0.382. The van der Waals surface area contributed by atoms with E-state index in [1.165, 1.54) is 10.8 Å². The maximum Gasteiger partial charge on any atom is 0.330 e. The normalized spacial score (nSPS) is 31.2. The van der Waals surface area contributed by atoms with Crippen LogP contribution in [0, 0.1) is 6.92 Å². The molecule has 4 atom stereocenters. The highest BCUT2D eigenvalue weighted by Crippen LogP contribution is 2.51. The van der Waals surface area contributed by atoms with Crippen LogP contribution in [-0.2, 0) is 23.5 Å². The molecular weight excluding hydrogens is 518 g/mol. The first-order valence-electron chi connectivity index (χ1n) is 12.5. The Hall–Kier alpha value is -1.81. The van der Waals surface area contributed by atoms with Gasteiger partial charge in [0.15, 0.2) is 20.1 Å². The molecule has 3 aliphatic heterocycles. The summed E-state index contributed by atoms with van der Waals surface area (Å²) in [7, 11) is -4.68. The number of rotatable bonds is 5. The van der Waals surface area contributed by atoms with Gasteiger partial charge in [0.2, 0.25) is 0 Å². The molecule has 1 aromatic rings. The summed E-state index contributed by atoms with van der Waals surface area (Å²) < 4.78 is 45.9. The molecule has 0 aromatic carbocycles. The Morgan fingerprint density at radius 1 is 1.22 bits per heavy atom. The van der Waals surface area contributed by atoms with E-state index in [4.69, 9.17) is 19.1 Å². The number of aromatic nitrogens is 2. The van der Waals surface area contributed by atoms with E-state index in [2.05, 4.69) is 35.6 Å². The van der Waals surface area contributed by atoms with Crippen molar-refractivity contribution in [1.29, 1.82) is 0 Å². The summed E-state index contributed by atoms with van der Waals surface area (Å²) >= 11 is 0. The van der Waals surface area contributed by atoms with E-state index in [1.807, 2.05) is 20.1 Å². The van der Waals surface area contributed by atoms with Gasteiger partial charge in [-0.2, -0.15) is 8.42 Å². The number of hydrogen-bond donors (Lipinski definition) is 2. The van der Waals surface area contributed by atoms with Crippen molar-refractivity contribution in [1.82, 2.24) is 19.4 Å². The summed E-state index contributed by atoms with van der Waals surface area (Å²) in [6.45, 7) is 15.3. The van der Waals surface area contributed by atoms with Gasteiger partial charge in [0.1, 0.15) is 12.2 Å². The van der Waals surface area contributed by atoms with Crippen LogP contribution in [0.5, 0.6) is 0 Å². The minimum absolute atomic E-state index is 0.0213. The maximum atomic E-state index is 13.0. The van der Waals surface area contributed by atoms with E-state index in [0.717, 1.165) is 31.6 Å². The van der Waals surface area contributed by atoms with Crippen LogP contribution in [-0.4, -0.2) is 93.7 Å². The third-order valence-electron chi connectivity index (χ3n) is 8.11. The number of piperazine rings is 1. The average molecular weight is 558 g/mol. The molecule has 4 heterocycles. The Bertz CT molecular complexity index is 1290. The van der Waals surface area contributed by atoms with Gasteiger partial charge in [-0.3, -0.25) is 19.2 Å². The fraction of sp³-hybridized carbons (Fsp3) is 0.739. The van der Waals surface area contributed by atoms with E-state index in [-0.39, 0.29) is 10.7 Å². The van der Waals surface area contributed by atoms with Gasteiger partial charge < -0.3 is 19.8 Å². The summed E-state index contributed by atoms with van der Waals surface area (Å²) in [6.07, 6.45) is -1.61. The van der Waals surface area contributed by atoms with Crippen molar-refractivity contribution in [2.75, 3.05) is 39.8 Å². The maximum absolute atomic E-state index is 13.0. The second kappa shape index (κ2) is 9.43. The molecule has 0 aliphatic carbocycles. The molecule has 208 valence electrons. The minimum atomic E-state index is -4.13. The number of aryl methyl sites for hydroxylation is 1. The van der Waals surface area contributed by atoms with Gasteiger partial charge in [0.05, 0.1) is 11.1 Å². The number of ether oxygens (including phenoxy) is 1. The SMILES string of the molecule is Cc1cn([C@@H]2O[C@H](CN3CCN(C)CC3)[C@@]3(OS(=O)(=O)C=C3N)[C@H]2O[Si](C)(C)C(C)(C)C)c(=O)[nH]c1=O. The predicted molar refractivity (Wildman–Crippen MR) is 141 cm³/mol. The van der Waals surface area contributed by atoms with Crippen molar-refractivity contribution in [3.05, 3.63) is 43.7 Å². The number of nitrogens with one attached hydrogen (secondary N) is 1. The van der Waals surface area contributed by atoms with E-state index < -0.39 is 53.7 Å². The van der Waals surface area contributed by atoms with E-state index in [9.17, 15) is 18.0 Å². The van der Waals surface area contributed by atoms with Crippen molar-refractivity contribution < 1.29 is 21.8 Å². The molecule has 2 fully saturated rings. The summed E-state index contributed by atoms with van der Waals surface area (Å²) in [5.74, 6) is 0. The van der Waals surface area contributed by atoms with Crippen molar-refractivity contribution in [3.63, 3.8) is 0 Å². The van der Waals surface area contributed by atoms with Gasteiger partial charge in [-0.25, -0.2) is 8.98 Å². The van der Waals surface area contributed by atoms with Crippen LogP contribution in [0.25, 0.3) is 0 Å². The van der Waals surface area contributed by atoms with Crippen LogP contribution in [0.3, 0.4) is 0 Å². The third-order valence-corrected chi connectivity index (χ3v) is 13.6. The molecule has 37 heavy (non-hydrogen) atoms. The molecule has 12 nitrogen and oxygen atoms in total. The number of aromatic amines is 1. The standard InChI is InChI=1S/C23H39N5O7SSi/c1-15-12-28(21(30)25-19(15)29)20-18(34-37(6,7)22(2,3)4)23(16(24)14-36(31,32)35-23)17(33-20)13-27-10-8-26(5)9-11-27/h12,14,17-18,20H,8-11,13,24H2,1-7H3,(H,25,29,30)/t17-,18+,20-,23-/m1/s1. The first-order valence-corrected chi connectivity index (χ1v) is 16.8. The lowest BCUT2D eigenvalue weighted by atomic mass is 9.88. The highest BCUT2D eigenvalue weighted by atomic mass is 32.2. The Morgan fingerprint density at radius 2 is 1.84 bits per heavy atom. The van der Waals surface area contributed by atoms with Crippen LogP contribution in [0.1, 0.15) is 32.6 Å². The molecule has 0 unspecified atom stereocenters. The van der Waals surface area contributed by atoms with Crippen molar-refractivity contribution in [2.45, 2.75) is 69.9 Å². The lowest BCUT2D eigenvalue weighted by Crippen LogP contribution is -2.60. The summed E-state index contributed by atoms with van der Waals surface area (Å²) in [6, 6.07) is 0. The van der Waals surface area contributed by atoms with E-state index in [1.54, 1.807) is 6.92 Å². The second-order valence-corrected chi connectivity index (χ2v) is 18.0. The molecule has 0 saturated carbocycles. The van der Waals surface area contributed by atoms with Gasteiger partial charge >= 0.3 is 5.69 Å². The number of nitrogens with two attached hydrogens (primary N) is 1. The molecule has 2 saturated heterocycles. The largest absolute Gasteiger partial charge is 0.406 e. The van der Waals surface area contributed by atoms with Crippen LogP contribution in [0.4, 0.5) is 0 Å². The molecule has 3 N–H and O–H groups in total. The highest BCUT2D eigenvalue weighted by Gasteiger charge is 2.67. The molecule has 4 rings (SSSR count). The molecular formula is C23H39N5O7SSi. The second-order valence-electron chi connectivity index (χ2n) is 11.8. The van der Waals surface area contributed by atoms with Crippen molar-refractivity contribution >= 4 is 18.4 Å².